The monoisotopic (exact) mass is 255 g/mol. The number of pyridine rings is 1. The van der Waals surface area contributed by atoms with Crippen molar-refractivity contribution >= 4 is 10.9 Å². The van der Waals surface area contributed by atoms with Crippen molar-refractivity contribution < 1.29 is 0 Å². The molecule has 1 fully saturated rings. The first-order valence-electron chi connectivity index (χ1n) is 7.11. The van der Waals surface area contributed by atoms with Crippen LogP contribution in [-0.4, -0.2) is 42.6 Å². The number of nitrogens with zero attached hydrogens (tertiary/aromatic N) is 2. The molecule has 1 N–H and O–H groups in total. The predicted molar refractivity (Wildman–Crippen MR) is 79.5 cm³/mol. The largest absolute Gasteiger partial charge is 0.314 e. The van der Waals surface area contributed by atoms with Gasteiger partial charge < -0.3 is 10.2 Å². The van der Waals surface area contributed by atoms with Crippen LogP contribution in [0.2, 0.25) is 0 Å². The third kappa shape index (κ3) is 2.94. The van der Waals surface area contributed by atoms with Gasteiger partial charge in [0.05, 0.1) is 5.52 Å². The summed E-state index contributed by atoms with van der Waals surface area (Å²) in [7, 11) is 0. The molecule has 0 radical (unpaired) electrons. The molecule has 2 heterocycles. The molecular formula is C16H21N3. The van der Waals surface area contributed by atoms with Crippen molar-refractivity contribution in [2.45, 2.75) is 12.8 Å². The lowest BCUT2D eigenvalue weighted by molar-refractivity contribution is 0.230. The highest BCUT2D eigenvalue weighted by atomic mass is 15.2. The number of aromatic nitrogens is 1. The summed E-state index contributed by atoms with van der Waals surface area (Å²) in [5, 5.41) is 4.64. The molecule has 1 aliphatic rings. The van der Waals surface area contributed by atoms with E-state index in [1.165, 1.54) is 24.0 Å². The van der Waals surface area contributed by atoms with E-state index >= 15 is 0 Å². The maximum absolute atomic E-state index is 4.38. The zero-order valence-electron chi connectivity index (χ0n) is 11.5. The van der Waals surface area contributed by atoms with Gasteiger partial charge in [-0.25, -0.2) is 0 Å². The molecule has 0 amide bonds. The van der Waals surface area contributed by atoms with Gasteiger partial charge in [0.2, 0.25) is 0 Å². The molecule has 0 aliphatic carbocycles. The van der Waals surface area contributed by atoms with Gasteiger partial charge in [-0.2, -0.15) is 0 Å². The van der Waals surface area contributed by atoms with Crippen molar-refractivity contribution in [2.24, 2.45) is 0 Å². The standard InChI is InChI=1S/C16H21N3/c1-13(12-19-9-7-17-8-10-19)14-4-5-16-15(11-14)3-2-6-18-16/h2-6,11,13,17H,7-10,12H2,1H3. The topological polar surface area (TPSA) is 28.2 Å². The van der Waals surface area contributed by atoms with Crippen molar-refractivity contribution in [3.05, 3.63) is 42.1 Å². The van der Waals surface area contributed by atoms with E-state index in [0.717, 1.165) is 25.2 Å². The third-order valence-corrected chi connectivity index (χ3v) is 3.94. The minimum absolute atomic E-state index is 0.572. The Morgan fingerprint density at radius 3 is 2.95 bits per heavy atom. The van der Waals surface area contributed by atoms with E-state index in [0.29, 0.717) is 5.92 Å². The molecular weight excluding hydrogens is 234 g/mol. The molecule has 100 valence electrons. The molecule has 0 bridgehead atoms. The van der Waals surface area contributed by atoms with Crippen LogP contribution in [0.4, 0.5) is 0 Å². The van der Waals surface area contributed by atoms with Crippen LogP contribution in [0.15, 0.2) is 36.5 Å². The molecule has 2 aromatic rings. The van der Waals surface area contributed by atoms with Gasteiger partial charge >= 0.3 is 0 Å². The van der Waals surface area contributed by atoms with Crippen molar-refractivity contribution in [2.75, 3.05) is 32.7 Å². The van der Waals surface area contributed by atoms with Gasteiger partial charge in [0, 0.05) is 44.3 Å². The maximum Gasteiger partial charge on any atom is 0.0702 e. The fourth-order valence-corrected chi connectivity index (χ4v) is 2.79. The average molecular weight is 255 g/mol. The van der Waals surface area contributed by atoms with E-state index in [9.17, 15) is 0 Å². The molecule has 3 heteroatoms. The second kappa shape index (κ2) is 5.68. The number of rotatable bonds is 3. The Hall–Kier alpha value is -1.45. The van der Waals surface area contributed by atoms with Crippen molar-refractivity contribution in [3.8, 4) is 0 Å². The lowest BCUT2D eigenvalue weighted by Gasteiger charge is -2.29. The summed E-state index contributed by atoms with van der Waals surface area (Å²) in [5.41, 5.74) is 2.50. The van der Waals surface area contributed by atoms with Gasteiger partial charge in [-0.15, -0.1) is 0 Å². The van der Waals surface area contributed by atoms with E-state index in [4.69, 9.17) is 0 Å². The lowest BCUT2D eigenvalue weighted by atomic mass is 9.98. The Bertz CT molecular complexity index is 546. The first-order valence-corrected chi connectivity index (χ1v) is 7.11. The summed E-state index contributed by atoms with van der Waals surface area (Å²) in [6.07, 6.45) is 1.85. The molecule has 0 saturated carbocycles. The Balaban J connectivity index is 1.75. The van der Waals surface area contributed by atoms with E-state index in [-0.39, 0.29) is 0 Å². The molecule has 1 saturated heterocycles. The van der Waals surface area contributed by atoms with Gasteiger partial charge in [0.15, 0.2) is 0 Å². The Kier molecular flexibility index (Phi) is 3.76. The minimum Gasteiger partial charge on any atom is -0.314 e. The zero-order valence-corrected chi connectivity index (χ0v) is 11.5. The average Bonchev–Trinajstić information content (AvgIpc) is 2.48. The zero-order chi connectivity index (χ0) is 13.1. The fourth-order valence-electron chi connectivity index (χ4n) is 2.79. The van der Waals surface area contributed by atoms with Gasteiger partial charge in [-0.1, -0.05) is 19.1 Å². The maximum atomic E-state index is 4.38. The molecule has 1 unspecified atom stereocenters. The third-order valence-electron chi connectivity index (χ3n) is 3.94. The van der Waals surface area contributed by atoms with Crippen LogP contribution in [0, 0.1) is 0 Å². The van der Waals surface area contributed by atoms with E-state index < -0.39 is 0 Å². The normalized spacial score (nSPS) is 18.6. The van der Waals surface area contributed by atoms with Crippen LogP contribution in [0.3, 0.4) is 0 Å². The summed E-state index contributed by atoms with van der Waals surface area (Å²) in [6, 6.07) is 10.8. The van der Waals surface area contributed by atoms with Gasteiger partial charge in [-0.3, -0.25) is 4.98 Å². The van der Waals surface area contributed by atoms with E-state index in [1.807, 2.05) is 12.3 Å². The first-order chi connectivity index (χ1) is 9.33. The summed E-state index contributed by atoms with van der Waals surface area (Å²) in [5.74, 6) is 0.572. The van der Waals surface area contributed by atoms with Crippen molar-refractivity contribution in [3.63, 3.8) is 0 Å². The highest BCUT2D eigenvalue weighted by Gasteiger charge is 2.14. The lowest BCUT2D eigenvalue weighted by Crippen LogP contribution is -2.44. The SMILES string of the molecule is CC(CN1CCNCC1)c1ccc2ncccc2c1. The second-order valence-electron chi connectivity index (χ2n) is 5.41. The molecule has 3 nitrogen and oxygen atoms in total. The summed E-state index contributed by atoms with van der Waals surface area (Å²) >= 11 is 0. The number of hydrogen-bond acceptors (Lipinski definition) is 3. The number of piperazine rings is 1. The number of benzene rings is 1. The Morgan fingerprint density at radius 1 is 1.26 bits per heavy atom. The highest BCUT2D eigenvalue weighted by Crippen LogP contribution is 2.21. The number of fused-ring (bicyclic) bond motifs is 1. The first kappa shape index (κ1) is 12.6. The predicted octanol–water partition coefficient (Wildman–Crippen LogP) is 2.24. The fraction of sp³-hybridized carbons (Fsp3) is 0.438. The Morgan fingerprint density at radius 2 is 2.11 bits per heavy atom. The van der Waals surface area contributed by atoms with E-state index in [1.54, 1.807) is 0 Å². The van der Waals surface area contributed by atoms with Crippen LogP contribution in [0.1, 0.15) is 18.4 Å². The molecule has 3 rings (SSSR count). The van der Waals surface area contributed by atoms with Gasteiger partial charge in [-0.05, 0) is 29.7 Å². The quantitative estimate of drug-likeness (QED) is 0.911. The number of hydrogen-bond donors (Lipinski definition) is 1. The van der Waals surface area contributed by atoms with Crippen molar-refractivity contribution in [1.29, 1.82) is 0 Å². The van der Waals surface area contributed by atoms with Crippen LogP contribution < -0.4 is 5.32 Å². The van der Waals surface area contributed by atoms with Crippen LogP contribution in [0.25, 0.3) is 10.9 Å². The molecule has 1 aromatic heterocycles. The van der Waals surface area contributed by atoms with Crippen LogP contribution >= 0.6 is 0 Å². The molecule has 0 spiro atoms. The van der Waals surface area contributed by atoms with Gasteiger partial charge in [0.25, 0.3) is 0 Å². The minimum atomic E-state index is 0.572. The summed E-state index contributed by atoms with van der Waals surface area (Å²) < 4.78 is 0. The van der Waals surface area contributed by atoms with Crippen LogP contribution in [-0.2, 0) is 0 Å². The van der Waals surface area contributed by atoms with Gasteiger partial charge in [0.1, 0.15) is 0 Å². The summed E-state index contributed by atoms with van der Waals surface area (Å²) in [4.78, 5) is 6.93. The van der Waals surface area contributed by atoms with E-state index in [2.05, 4.69) is 46.4 Å². The molecule has 1 aliphatic heterocycles. The molecule has 1 aromatic carbocycles. The Labute approximate surface area is 114 Å². The second-order valence-corrected chi connectivity index (χ2v) is 5.41. The number of nitrogens with one attached hydrogen (secondary N) is 1. The smallest absolute Gasteiger partial charge is 0.0702 e. The highest BCUT2D eigenvalue weighted by molar-refractivity contribution is 5.79. The summed E-state index contributed by atoms with van der Waals surface area (Å²) in [6.45, 7) is 8.04. The van der Waals surface area contributed by atoms with Crippen molar-refractivity contribution in [1.82, 2.24) is 15.2 Å². The molecule has 19 heavy (non-hydrogen) atoms. The molecule has 1 atom stereocenters. The van der Waals surface area contributed by atoms with Crippen LogP contribution in [0.5, 0.6) is 0 Å².